The van der Waals surface area contributed by atoms with Gasteiger partial charge in [0.15, 0.2) is 0 Å². The van der Waals surface area contributed by atoms with Crippen LogP contribution in [0.15, 0.2) is 30.6 Å². The second-order valence-corrected chi connectivity index (χ2v) is 5.26. The van der Waals surface area contributed by atoms with Gasteiger partial charge < -0.3 is 10.7 Å². The number of benzene rings is 1. The molecule has 0 aliphatic rings. The van der Waals surface area contributed by atoms with E-state index in [9.17, 15) is 0 Å². The molecule has 0 aliphatic carbocycles. The maximum absolute atomic E-state index is 5.66. The smallest absolute Gasteiger partial charge is 0.0929 e. The Hall–Kier alpha value is -1.61. The number of imidazole rings is 1. The Morgan fingerprint density at radius 2 is 1.82 bits per heavy atom. The minimum atomic E-state index is 0.181. The first-order chi connectivity index (χ1) is 8.02. The van der Waals surface area contributed by atoms with Crippen molar-refractivity contribution in [2.24, 2.45) is 5.73 Å². The number of hydrogen-bond acceptors (Lipinski definition) is 2. The molecule has 1 aromatic carbocycles. The molecule has 2 rings (SSSR count). The summed E-state index contributed by atoms with van der Waals surface area (Å²) < 4.78 is 0. The van der Waals surface area contributed by atoms with Crippen molar-refractivity contribution >= 4 is 0 Å². The molecule has 3 heteroatoms. The van der Waals surface area contributed by atoms with Gasteiger partial charge >= 0.3 is 0 Å². The summed E-state index contributed by atoms with van der Waals surface area (Å²) in [5.41, 5.74) is 10.2. The lowest BCUT2D eigenvalue weighted by molar-refractivity contribution is 0.590. The first-order valence-electron chi connectivity index (χ1n) is 5.85. The number of nitrogens with two attached hydrogens (primary N) is 1. The van der Waals surface area contributed by atoms with Crippen molar-refractivity contribution < 1.29 is 0 Å². The van der Waals surface area contributed by atoms with Crippen molar-refractivity contribution in [1.29, 1.82) is 0 Å². The molecule has 0 saturated carbocycles. The zero-order valence-corrected chi connectivity index (χ0v) is 10.6. The molecule has 1 aromatic heterocycles. The fourth-order valence-corrected chi connectivity index (χ4v) is 1.85. The molecule has 0 atom stereocenters. The van der Waals surface area contributed by atoms with Crippen LogP contribution < -0.4 is 5.73 Å². The van der Waals surface area contributed by atoms with E-state index >= 15 is 0 Å². The molecule has 0 spiro atoms. The molecule has 0 radical (unpaired) electrons. The SMILES string of the molecule is CC(C)(C)c1ccc(-c2nc[nH]c2CN)cc1. The van der Waals surface area contributed by atoms with E-state index in [1.807, 2.05) is 0 Å². The summed E-state index contributed by atoms with van der Waals surface area (Å²) in [5.74, 6) is 0. The highest BCUT2D eigenvalue weighted by molar-refractivity contribution is 5.62. The van der Waals surface area contributed by atoms with Crippen molar-refractivity contribution in [3.05, 3.63) is 41.9 Å². The predicted octanol–water partition coefficient (Wildman–Crippen LogP) is 2.83. The third-order valence-electron chi connectivity index (χ3n) is 2.95. The van der Waals surface area contributed by atoms with E-state index in [4.69, 9.17) is 5.73 Å². The molecule has 0 bridgehead atoms. The molecular weight excluding hydrogens is 210 g/mol. The number of H-pyrrole nitrogens is 1. The number of nitrogens with one attached hydrogen (secondary N) is 1. The maximum Gasteiger partial charge on any atom is 0.0929 e. The van der Waals surface area contributed by atoms with E-state index in [0.29, 0.717) is 6.54 Å². The molecular formula is C14H19N3. The maximum atomic E-state index is 5.66. The predicted molar refractivity (Wildman–Crippen MR) is 70.6 cm³/mol. The van der Waals surface area contributed by atoms with E-state index in [-0.39, 0.29) is 5.41 Å². The second-order valence-electron chi connectivity index (χ2n) is 5.26. The van der Waals surface area contributed by atoms with Crippen LogP contribution in [0, 0.1) is 0 Å². The molecule has 0 amide bonds. The van der Waals surface area contributed by atoms with E-state index in [1.54, 1.807) is 6.33 Å². The summed E-state index contributed by atoms with van der Waals surface area (Å²) in [6.45, 7) is 7.11. The number of aromatic nitrogens is 2. The summed E-state index contributed by atoms with van der Waals surface area (Å²) in [6.07, 6.45) is 1.69. The van der Waals surface area contributed by atoms with Gasteiger partial charge in [0.2, 0.25) is 0 Å². The second kappa shape index (κ2) is 4.34. The molecule has 0 aliphatic heterocycles. The van der Waals surface area contributed by atoms with Crippen molar-refractivity contribution in [3.63, 3.8) is 0 Å². The summed E-state index contributed by atoms with van der Waals surface area (Å²) in [6, 6.07) is 8.53. The Balaban J connectivity index is 2.36. The Labute approximate surface area is 102 Å². The largest absolute Gasteiger partial charge is 0.347 e. The zero-order valence-electron chi connectivity index (χ0n) is 10.6. The lowest BCUT2D eigenvalue weighted by Gasteiger charge is -2.19. The van der Waals surface area contributed by atoms with Crippen LogP contribution in [0.5, 0.6) is 0 Å². The summed E-state index contributed by atoms with van der Waals surface area (Å²) in [4.78, 5) is 7.38. The van der Waals surface area contributed by atoms with Gasteiger partial charge in [-0.05, 0) is 11.0 Å². The van der Waals surface area contributed by atoms with Gasteiger partial charge in [-0.25, -0.2) is 4.98 Å². The third kappa shape index (κ3) is 2.39. The van der Waals surface area contributed by atoms with Crippen molar-refractivity contribution in [2.75, 3.05) is 0 Å². The Bertz CT molecular complexity index is 489. The van der Waals surface area contributed by atoms with Gasteiger partial charge in [-0.15, -0.1) is 0 Å². The fourth-order valence-electron chi connectivity index (χ4n) is 1.85. The van der Waals surface area contributed by atoms with Crippen LogP contribution in [0.3, 0.4) is 0 Å². The van der Waals surface area contributed by atoms with Gasteiger partial charge in [-0.3, -0.25) is 0 Å². The van der Waals surface area contributed by atoms with E-state index in [0.717, 1.165) is 17.0 Å². The highest BCUT2D eigenvalue weighted by atomic mass is 14.9. The van der Waals surface area contributed by atoms with Gasteiger partial charge in [0.05, 0.1) is 17.7 Å². The number of aromatic amines is 1. The molecule has 3 nitrogen and oxygen atoms in total. The summed E-state index contributed by atoms with van der Waals surface area (Å²) in [5, 5.41) is 0. The number of nitrogens with zero attached hydrogens (tertiary/aromatic N) is 1. The summed E-state index contributed by atoms with van der Waals surface area (Å²) in [7, 11) is 0. The van der Waals surface area contributed by atoms with Crippen LogP contribution in [-0.2, 0) is 12.0 Å². The molecule has 0 fully saturated rings. The monoisotopic (exact) mass is 229 g/mol. The number of rotatable bonds is 2. The molecule has 17 heavy (non-hydrogen) atoms. The van der Waals surface area contributed by atoms with Gasteiger partial charge in [-0.2, -0.15) is 0 Å². The third-order valence-corrected chi connectivity index (χ3v) is 2.95. The molecule has 1 heterocycles. The van der Waals surface area contributed by atoms with E-state index in [1.165, 1.54) is 5.56 Å². The minimum Gasteiger partial charge on any atom is -0.347 e. The Kier molecular flexibility index (Phi) is 3.03. The minimum absolute atomic E-state index is 0.181. The van der Waals surface area contributed by atoms with Gasteiger partial charge in [0.1, 0.15) is 0 Å². The molecule has 2 aromatic rings. The van der Waals surface area contributed by atoms with Crippen LogP contribution >= 0.6 is 0 Å². The van der Waals surface area contributed by atoms with Crippen LogP contribution in [0.4, 0.5) is 0 Å². The first kappa shape index (κ1) is 11.9. The quantitative estimate of drug-likeness (QED) is 0.832. The molecule has 0 saturated heterocycles. The molecule has 90 valence electrons. The van der Waals surface area contributed by atoms with Crippen LogP contribution in [0.1, 0.15) is 32.0 Å². The van der Waals surface area contributed by atoms with Crippen molar-refractivity contribution in [1.82, 2.24) is 9.97 Å². The first-order valence-corrected chi connectivity index (χ1v) is 5.85. The van der Waals surface area contributed by atoms with Crippen LogP contribution in [0.25, 0.3) is 11.3 Å². The molecule has 3 N–H and O–H groups in total. The average Bonchev–Trinajstić information content (AvgIpc) is 2.76. The molecule has 0 unspecified atom stereocenters. The van der Waals surface area contributed by atoms with Gasteiger partial charge in [-0.1, -0.05) is 45.0 Å². The lowest BCUT2D eigenvalue weighted by Crippen LogP contribution is -2.10. The van der Waals surface area contributed by atoms with Gasteiger partial charge in [0.25, 0.3) is 0 Å². The number of hydrogen-bond donors (Lipinski definition) is 2. The van der Waals surface area contributed by atoms with Crippen LogP contribution in [0.2, 0.25) is 0 Å². The van der Waals surface area contributed by atoms with Crippen molar-refractivity contribution in [3.8, 4) is 11.3 Å². The average molecular weight is 229 g/mol. The van der Waals surface area contributed by atoms with Gasteiger partial charge in [0, 0.05) is 12.1 Å². The lowest BCUT2D eigenvalue weighted by atomic mass is 9.86. The fraction of sp³-hybridized carbons (Fsp3) is 0.357. The van der Waals surface area contributed by atoms with Crippen LogP contribution in [-0.4, -0.2) is 9.97 Å². The highest BCUT2D eigenvalue weighted by Gasteiger charge is 2.14. The zero-order chi connectivity index (χ0) is 12.5. The Morgan fingerprint density at radius 3 is 2.35 bits per heavy atom. The summed E-state index contributed by atoms with van der Waals surface area (Å²) >= 11 is 0. The normalized spacial score (nSPS) is 11.8. The standard InChI is InChI=1S/C14H19N3/c1-14(2,3)11-6-4-10(5-7-11)13-12(8-15)16-9-17-13/h4-7,9H,8,15H2,1-3H3,(H,16,17). The van der Waals surface area contributed by atoms with E-state index in [2.05, 4.69) is 55.0 Å². The topological polar surface area (TPSA) is 54.7 Å². The Morgan fingerprint density at radius 1 is 1.18 bits per heavy atom. The van der Waals surface area contributed by atoms with E-state index < -0.39 is 0 Å². The van der Waals surface area contributed by atoms with Crippen molar-refractivity contribution in [2.45, 2.75) is 32.7 Å². The highest BCUT2D eigenvalue weighted by Crippen LogP contribution is 2.26.